The minimum absolute atomic E-state index is 0.0141. The number of anilines is 1. The second kappa shape index (κ2) is 7.85. The number of nitrogens with zero attached hydrogens (tertiary/aromatic N) is 2. The Morgan fingerprint density at radius 1 is 0.962 bits per heavy atom. The van der Waals surface area contributed by atoms with E-state index in [2.05, 4.69) is 20.0 Å². The Bertz CT molecular complexity index is 993. The van der Waals surface area contributed by atoms with Gasteiger partial charge in [-0.25, -0.2) is 13.1 Å². The van der Waals surface area contributed by atoms with Crippen molar-refractivity contribution in [1.29, 1.82) is 0 Å². The zero-order valence-corrected chi connectivity index (χ0v) is 14.5. The van der Waals surface area contributed by atoms with Crippen LogP contribution in [0.5, 0.6) is 0 Å². The molecule has 7 nitrogen and oxygen atoms in total. The molecule has 2 N–H and O–H groups in total. The molecule has 0 spiro atoms. The summed E-state index contributed by atoms with van der Waals surface area (Å²) in [5.41, 5.74) is 1.50. The second-order valence-electron chi connectivity index (χ2n) is 5.41. The lowest BCUT2D eigenvalue weighted by molar-refractivity contribution is 0.102. The molecule has 0 aliphatic carbocycles. The van der Waals surface area contributed by atoms with Crippen LogP contribution in [0, 0.1) is 0 Å². The molecule has 132 valence electrons. The van der Waals surface area contributed by atoms with Crippen LogP contribution in [-0.4, -0.2) is 24.3 Å². The third-order valence-corrected chi connectivity index (χ3v) is 4.91. The predicted octanol–water partition coefficient (Wildman–Crippen LogP) is 2.21. The second-order valence-corrected chi connectivity index (χ2v) is 7.18. The van der Waals surface area contributed by atoms with Gasteiger partial charge in [0.05, 0.1) is 16.8 Å². The summed E-state index contributed by atoms with van der Waals surface area (Å²) in [6.45, 7) is 0.113. The molecule has 1 amide bonds. The summed E-state index contributed by atoms with van der Waals surface area (Å²) in [6.07, 6.45) is 6.30. The van der Waals surface area contributed by atoms with E-state index in [4.69, 9.17) is 0 Å². The Morgan fingerprint density at radius 2 is 1.73 bits per heavy atom. The van der Waals surface area contributed by atoms with Crippen molar-refractivity contribution in [3.05, 3.63) is 84.4 Å². The Morgan fingerprint density at radius 3 is 2.42 bits per heavy atom. The van der Waals surface area contributed by atoms with Crippen molar-refractivity contribution < 1.29 is 13.2 Å². The molecule has 3 aromatic rings. The van der Waals surface area contributed by atoms with Gasteiger partial charge in [-0.1, -0.05) is 12.1 Å². The highest BCUT2D eigenvalue weighted by molar-refractivity contribution is 7.89. The third-order valence-electron chi connectivity index (χ3n) is 3.52. The molecule has 0 aliphatic rings. The molecule has 0 unspecified atom stereocenters. The minimum Gasteiger partial charge on any atom is -0.321 e. The van der Waals surface area contributed by atoms with Gasteiger partial charge in [0.1, 0.15) is 0 Å². The fraction of sp³-hybridized carbons (Fsp3) is 0.0556. The van der Waals surface area contributed by atoms with Gasteiger partial charge in [-0.15, -0.1) is 0 Å². The lowest BCUT2D eigenvalue weighted by Gasteiger charge is -2.09. The van der Waals surface area contributed by atoms with E-state index in [1.54, 1.807) is 48.9 Å². The largest absolute Gasteiger partial charge is 0.321 e. The number of pyridine rings is 2. The summed E-state index contributed by atoms with van der Waals surface area (Å²) in [6, 6.07) is 12.7. The van der Waals surface area contributed by atoms with E-state index in [1.807, 2.05) is 0 Å². The van der Waals surface area contributed by atoms with Gasteiger partial charge < -0.3 is 5.32 Å². The van der Waals surface area contributed by atoms with Crippen molar-refractivity contribution in [3.63, 3.8) is 0 Å². The standard InChI is InChI=1S/C18H16N4O3S/c23-18(22-16-6-3-9-20-13-16)15-5-1-7-17(10-15)26(24,25)21-12-14-4-2-8-19-11-14/h1-11,13,21H,12H2,(H,22,23). The number of amides is 1. The normalized spacial score (nSPS) is 11.1. The van der Waals surface area contributed by atoms with Crippen LogP contribution in [0.2, 0.25) is 0 Å². The van der Waals surface area contributed by atoms with Gasteiger partial charge >= 0.3 is 0 Å². The van der Waals surface area contributed by atoms with Gasteiger partial charge in [0.15, 0.2) is 0 Å². The number of rotatable bonds is 6. The third kappa shape index (κ3) is 4.50. The van der Waals surface area contributed by atoms with E-state index in [1.165, 1.54) is 24.4 Å². The Hall–Kier alpha value is -3.10. The lowest BCUT2D eigenvalue weighted by Crippen LogP contribution is -2.23. The average Bonchev–Trinajstić information content (AvgIpc) is 2.68. The molecule has 0 radical (unpaired) electrons. The highest BCUT2D eigenvalue weighted by atomic mass is 32.2. The Balaban J connectivity index is 1.74. The van der Waals surface area contributed by atoms with Crippen LogP contribution < -0.4 is 10.0 Å². The van der Waals surface area contributed by atoms with E-state index < -0.39 is 15.9 Å². The Kier molecular flexibility index (Phi) is 5.35. The first kappa shape index (κ1) is 17.7. The van der Waals surface area contributed by atoms with Crippen LogP contribution in [0.1, 0.15) is 15.9 Å². The van der Waals surface area contributed by atoms with E-state index in [0.717, 1.165) is 5.56 Å². The first-order chi connectivity index (χ1) is 12.5. The van der Waals surface area contributed by atoms with Crippen molar-refractivity contribution in [2.24, 2.45) is 0 Å². The number of aromatic nitrogens is 2. The molecule has 0 bridgehead atoms. The smallest absolute Gasteiger partial charge is 0.255 e. The van der Waals surface area contributed by atoms with Gasteiger partial charge in [-0.3, -0.25) is 14.8 Å². The maximum Gasteiger partial charge on any atom is 0.255 e. The lowest BCUT2D eigenvalue weighted by atomic mass is 10.2. The minimum atomic E-state index is -3.76. The molecule has 0 fully saturated rings. The zero-order valence-electron chi connectivity index (χ0n) is 13.7. The monoisotopic (exact) mass is 368 g/mol. The number of benzene rings is 1. The van der Waals surface area contributed by atoms with Crippen LogP contribution in [0.15, 0.2) is 78.2 Å². The number of hydrogen-bond acceptors (Lipinski definition) is 5. The molecule has 0 atom stereocenters. The molecule has 3 rings (SSSR count). The topological polar surface area (TPSA) is 101 Å². The van der Waals surface area contributed by atoms with Crippen molar-refractivity contribution in [2.75, 3.05) is 5.32 Å². The van der Waals surface area contributed by atoms with Crippen molar-refractivity contribution in [1.82, 2.24) is 14.7 Å². The molecular weight excluding hydrogens is 352 g/mol. The fourth-order valence-electron chi connectivity index (χ4n) is 2.21. The summed E-state index contributed by atoms with van der Waals surface area (Å²) >= 11 is 0. The number of carbonyl (C=O) groups excluding carboxylic acids is 1. The molecule has 0 saturated heterocycles. The summed E-state index contributed by atoms with van der Waals surface area (Å²) in [5.74, 6) is -0.415. The van der Waals surface area contributed by atoms with E-state index in [0.29, 0.717) is 5.69 Å². The quantitative estimate of drug-likeness (QED) is 0.695. The van der Waals surface area contributed by atoms with Crippen LogP contribution in [-0.2, 0) is 16.6 Å². The summed E-state index contributed by atoms with van der Waals surface area (Å²) < 4.78 is 27.4. The van der Waals surface area contributed by atoms with Crippen LogP contribution >= 0.6 is 0 Å². The van der Waals surface area contributed by atoms with Gasteiger partial charge in [-0.05, 0) is 42.0 Å². The highest BCUT2D eigenvalue weighted by Gasteiger charge is 2.16. The van der Waals surface area contributed by atoms with Gasteiger partial charge in [0, 0.05) is 30.7 Å². The maximum atomic E-state index is 12.5. The van der Waals surface area contributed by atoms with Crippen LogP contribution in [0.3, 0.4) is 0 Å². The molecule has 26 heavy (non-hydrogen) atoms. The maximum absolute atomic E-state index is 12.5. The van der Waals surface area contributed by atoms with Crippen molar-refractivity contribution >= 4 is 21.6 Å². The molecular formula is C18H16N4O3S. The number of carbonyl (C=O) groups is 1. The Labute approximate surface area is 151 Å². The predicted molar refractivity (Wildman–Crippen MR) is 96.9 cm³/mol. The summed E-state index contributed by atoms with van der Waals surface area (Å²) in [7, 11) is -3.76. The molecule has 0 aliphatic heterocycles. The summed E-state index contributed by atoms with van der Waals surface area (Å²) in [4.78, 5) is 20.2. The number of hydrogen-bond donors (Lipinski definition) is 2. The fourth-order valence-corrected chi connectivity index (χ4v) is 3.27. The zero-order chi connectivity index (χ0) is 18.4. The molecule has 2 aromatic heterocycles. The SMILES string of the molecule is O=C(Nc1cccnc1)c1cccc(S(=O)(=O)NCc2cccnc2)c1. The summed E-state index contributed by atoms with van der Waals surface area (Å²) in [5, 5.41) is 2.67. The average molecular weight is 368 g/mol. The highest BCUT2D eigenvalue weighted by Crippen LogP contribution is 2.14. The van der Waals surface area contributed by atoms with E-state index in [9.17, 15) is 13.2 Å². The first-order valence-electron chi connectivity index (χ1n) is 7.75. The molecule has 8 heteroatoms. The van der Waals surface area contributed by atoms with Crippen LogP contribution in [0.4, 0.5) is 5.69 Å². The van der Waals surface area contributed by atoms with Gasteiger partial charge in [0.2, 0.25) is 10.0 Å². The number of sulfonamides is 1. The van der Waals surface area contributed by atoms with Crippen LogP contribution in [0.25, 0.3) is 0 Å². The van der Waals surface area contributed by atoms with Crippen molar-refractivity contribution in [3.8, 4) is 0 Å². The molecule has 0 saturated carbocycles. The van der Waals surface area contributed by atoms with E-state index >= 15 is 0 Å². The molecule has 2 heterocycles. The van der Waals surface area contributed by atoms with Gasteiger partial charge in [0.25, 0.3) is 5.91 Å². The van der Waals surface area contributed by atoms with Gasteiger partial charge in [-0.2, -0.15) is 0 Å². The number of nitrogens with one attached hydrogen (secondary N) is 2. The first-order valence-corrected chi connectivity index (χ1v) is 9.23. The van der Waals surface area contributed by atoms with Crippen molar-refractivity contribution in [2.45, 2.75) is 11.4 Å². The molecule has 1 aromatic carbocycles. The van der Waals surface area contributed by atoms with E-state index in [-0.39, 0.29) is 17.0 Å².